The minimum atomic E-state index is 0.487. The number of hydrogen-bond donors (Lipinski definition) is 0. The summed E-state index contributed by atoms with van der Waals surface area (Å²) < 4.78 is 7.02. The molecular weight excluding hydrogens is 240 g/mol. The Bertz CT molecular complexity index is 361. The van der Waals surface area contributed by atoms with Crippen LogP contribution in [0.25, 0.3) is 0 Å². The van der Waals surface area contributed by atoms with Crippen LogP contribution >= 0.6 is 15.9 Å². The van der Waals surface area contributed by atoms with E-state index in [1.54, 1.807) is 0 Å². The highest BCUT2D eigenvalue weighted by molar-refractivity contribution is 9.10. The minimum absolute atomic E-state index is 0.487. The zero-order valence-corrected chi connectivity index (χ0v) is 9.59. The first-order chi connectivity index (χ1) is 6.86. The van der Waals surface area contributed by atoms with Gasteiger partial charge in [-0.05, 0) is 36.5 Å². The Morgan fingerprint density at radius 1 is 1.29 bits per heavy atom. The van der Waals surface area contributed by atoms with Gasteiger partial charge in [0.2, 0.25) is 0 Å². The number of aryl methyl sites for hydroxylation is 1. The van der Waals surface area contributed by atoms with E-state index in [0.29, 0.717) is 12.0 Å². The Labute approximate surface area is 92.6 Å². The molecule has 3 rings (SSSR count). The van der Waals surface area contributed by atoms with Crippen LogP contribution in [0.15, 0.2) is 22.7 Å². The molecule has 0 bridgehead atoms. The molecule has 0 aromatic heterocycles. The molecule has 2 aliphatic rings. The molecule has 1 aromatic rings. The number of halogens is 1. The van der Waals surface area contributed by atoms with Crippen LogP contribution < -0.4 is 0 Å². The maximum Gasteiger partial charge on any atom is 0.0648 e. The van der Waals surface area contributed by atoms with E-state index in [4.69, 9.17) is 4.74 Å². The van der Waals surface area contributed by atoms with Gasteiger partial charge in [-0.2, -0.15) is 0 Å². The standard InChI is InChI=1S/C12H13BrO/c13-10-3-1-2-8-4-5-11-9(12(8)10)6-7-14-11/h1-3,9,11H,4-7H2/t9-,11-/m0/s1. The zero-order valence-electron chi connectivity index (χ0n) is 8.00. The van der Waals surface area contributed by atoms with Crippen molar-refractivity contribution in [1.82, 2.24) is 0 Å². The number of fused-ring (bicyclic) bond motifs is 3. The Hall–Kier alpha value is -0.340. The highest BCUT2D eigenvalue weighted by Gasteiger charge is 2.35. The number of rotatable bonds is 0. The smallest absolute Gasteiger partial charge is 0.0648 e. The first-order valence-electron chi connectivity index (χ1n) is 5.25. The maximum atomic E-state index is 5.75. The van der Waals surface area contributed by atoms with Crippen molar-refractivity contribution in [2.45, 2.75) is 31.3 Å². The average molecular weight is 253 g/mol. The third-order valence-corrected chi connectivity index (χ3v) is 4.11. The fourth-order valence-electron chi connectivity index (χ4n) is 2.78. The molecule has 0 spiro atoms. The monoisotopic (exact) mass is 252 g/mol. The van der Waals surface area contributed by atoms with E-state index in [1.807, 2.05) is 0 Å². The van der Waals surface area contributed by atoms with Gasteiger partial charge in [-0.25, -0.2) is 0 Å². The summed E-state index contributed by atoms with van der Waals surface area (Å²) in [6.45, 7) is 0.941. The van der Waals surface area contributed by atoms with Crippen molar-refractivity contribution in [3.8, 4) is 0 Å². The van der Waals surface area contributed by atoms with Crippen LogP contribution in [-0.2, 0) is 11.2 Å². The molecule has 0 N–H and O–H groups in total. The average Bonchev–Trinajstić information content (AvgIpc) is 2.65. The van der Waals surface area contributed by atoms with Gasteiger partial charge in [-0.15, -0.1) is 0 Å². The molecule has 2 heteroatoms. The molecule has 1 nitrogen and oxygen atoms in total. The first kappa shape index (κ1) is 8.93. The number of benzene rings is 1. The van der Waals surface area contributed by atoms with Gasteiger partial charge < -0.3 is 4.74 Å². The van der Waals surface area contributed by atoms with Gasteiger partial charge in [0.25, 0.3) is 0 Å². The molecule has 0 saturated carbocycles. The van der Waals surface area contributed by atoms with Crippen LogP contribution in [0.1, 0.15) is 29.9 Å². The van der Waals surface area contributed by atoms with Gasteiger partial charge in [0.05, 0.1) is 6.10 Å². The summed E-state index contributed by atoms with van der Waals surface area (Å²) in [5.74, 6) is 0.648. The van der Waals surface area contributed by atoms with Crippen LogP contribution in [-0.4, -0.2) is 12.7 Å². The summed E-state index contributed by atoms with van der Waals surface area (Å²) in [6.07, 6.45) is 4.06. The molecule has 1 saturated heterocycles. The second kappa shape index (κ2) is 3.35. The van der Waals surface area contributed by atoms with Crippen LogP contribution in [0, 0.1) is 0 Å². The first-order valence-corrected chi connectivity index (χ1v) is 6.04. The lowest BCUT2D eigenvalue weighted by Gasteiger charge is -2.28. The Morgan fingerprint density at radius 3 is 3.14 bits per heavy atom. The highest BCUT2D eigenvalue weighted by Crippen LogP contribution is 2.42. The molecule has 2 atom stereocenters. The Balaban J connectivity index is 2.11. The molecule has 1 fully saturated rings. The lowest BCUT2D eigenvalue weighted by Crippen LogP contribution is -2.22. The van der Waals surface area contributed by atoms with E-state index in [2.05, 4.69) is 34.1 Å². The summed E-state index contributed by atoms with van der Waals surface area (Å²) in [7, 11) is 0. The summed E-state index contributed by atoms with van der Waals surface area (Å²) in [5, 5.41) is 0. The third-order valence-electron chi connectivity index (χ3n) is 3.42. The van der Waals surface area contributed by atoms with E-state index in [1.165, 1.54) is 34.9 Å². The summed E-state index contributed by atoms with van der Waals surface area (Å²) in [4.78, 5) is 0. The fourth-order valence-corrected chi connectivity index (χ4v) is 3.48. The second-order valence-corrected chi connectivity index (χ2v) is 5.01. The van der Waals surface area contributed by atoms with Crippen LogP contribution in [0.2, 0.25) is 0 Å². The molecule has 0 amide bonds. The van der Waals surface area contributed by atoms with Gasteiger partial charge in [0.1, 0.15) is 0 Å². The Morgan fingerprint density at radius 2 is 2.21 bits per heavy atom. The molecule has 74 valence electrons. The van der Waals surface area contributed by atoms with Crippen molar-refractivity contribution >= 4 is 15.9 Å². The number of hydrogen-bond acceptors (Lipinski definition) is 1. The lowest BCUT2D eigenvalue weighted by atomic mass is 9.80. The summed E-state index contributed by atoms with van der Waals surface area (Å²) >= 11 is 3.66. The van der Waals surface area contributed by atoms with Gasteiger partial charge in [-0.1, -0.05) is 28.1 Å². The van der Waals surface area contributed by atoms with E-state index >= 15 is 0 Å². The van der Waals surface area contributed by atoms with E-state index in [-0.39, 0.29) is 0 Å². The molecule has 1 heterocycles. The summed E-state index contributed by atoms with van der Waals surface area (Å²) in [6, 6.07) is 6.55. The SMILES string of the molecule is Brc1cccc2c1[C@H]1CCO[C@H]1CC2. The molecule has 1 aliphatic heterocycles. The number of ether oxygens (including phenoxy) is 1. The largest absolute Gasteiger partial charge is 0.378 e. The van der Waals surface area contributed by atoms with Crippen molar-refractivity contribution in [1.29, 1.82) is 0 Å². The predicted octanol–water partition coefficient (Wildman–Crippen LogP) is 3.27. The van der Waals surface area contributed by atoms with Gasteiger partial charge in [-0.3, -0.25) is 0 Å². The van der Waals surface area contributed by atoms with Gasteiger partial charge in [0, 0.05) is 17.0 Å². The van der Waals surface area contributed by atoms with Crippen molar-refractivity contribution in [2.24, 2.45) is 0 Å². The fraction of sp³-hybridized carbons (Fsp3) is 0.500. The Kier molecular flexibility index (Phi) is 2.14. The van der Waals surface area contributed by atoms with Crippen molar-refractivity contribution < 1.29 is 4.74 Å². The zero-order chi connectivity index (χ0) is 9.54. The molecule has 0 unspecified atom stereocenters. The molecule has 0 radical (unpaired) electrons. The van der Waals surface area contributed by atoms with E-state index in [0.717, 1.165) is 6.61 Å². The molecule has 14 heavy (non-hydrogen) atoms. The van der Waals surface area contributed by atoms with E-state index in [9.17, 15) is 0 Å². The second-order valence-electron chi connectivity index (χ2n) is 4.16. The summed E-state index contributed by atoms with van der Waals surface area (Å²) in [5.41, 5.74) is 3.03. The van der Waals surface area contributed by atoms with Crippen molar-refractivity contribution in [2.75, 3.05) is 6.61 Å². The van der Waals surface area contributed by atoms with Crippen LogP contribution in [0.4, 0.5) is 0 Å². The van der Waals surface area contributed by atoms with Crippen molar-refractivity contribution in [3.05, 3.63) is 33.8 Å². The predicted molar refractivity (Wildman–Crippen MR) is 59.6 cm³/mol. The highest BCUT2D eigenvalue weighted by atomic mass is 79.9. The third kappa shape index (κ3) is 1.24. The van der Waals surface area contributed by atoms with E-state index < -0.39 is 0 Å². The maximum absolute atomic E-state index is 5.75. The lowest BCUT2D eigenvalue weighted by molar-refractivity contribution is 0.0928. The van der Waals surface area contributed by atoms with Gasteiger partial charge >= 0.3 is 0 Å². The van der Waals surface area contributed by atoms with Crippen molar-refractivity contribution in [3.63, 3.8) is 0 Å². The molecular formula is C12H13BrO. The van der Waals surface area contributed by atoms with Crippen LogP contribution in [0.5, 0.6) is 0 Å². The quantitative estimate of drug-likeness (QED) is 0.689. The minimum Gasteiger partial charge on any atom is -0.378 e. The molecule has 1 aliphatic carbocycles. The topological polar surface area (TPSA) is 9.23 Å². The van der Waals surface area contributed by atoms with Crippen LogP contribution in [0.3, 0.4) is 0 Å². The van der Waals surface area contributed by atoms with Gasteiger partial charge in [0.15, 0.2) is 0 Å². The normalized spacial score (nSPS) is 29.8. The molecule has 1 aromatic carbocycles.